The number of hydrogen-bond acceptors (Lipinski definition) is 7. The van der Waals surface area contributed by atoms with Gasteiger partial charge in [0.15, 0.2) is 5.78 Å². The summed E-state index contributed by atoms with van der Waals surface area (Å²) >= 11 is 0. The van der Waals surface area contributed by atoms with Crippen LogP contribution in [0.2, 0.25) is 6.04 Å². The van der Waals surface area contributed by atoms with Crippen LogP contribution in [-0.2, 0) is 9.22 Å². The van der Waals surface area contributed by atoms with Gasteiger partial charge < -0.3 is 29.6 Å². The maximum absolute atomic E-state index is 13.3. The molecule has 8 nitrogen and oxygen atoms in total. The van der Waals surface area contributed by atoms with Gasteiger partial charge in [-0.15, -0.1) is 0 Å². The van der Waals surface area contributed by atoms with Crippen molar-refractivity contribution in [3.8, 4) is 5.75 Å². The predicted molar refractivity (Wildman–Crippen MR) is 99.4 cm³/mol. The highest BCUT2D eigenvalue weighted by Gasteiger charge is 2.56. The molecule has 0 aliphatic heterocycles. The number of hydrogen-bond donors (Lipinski definition) is 4. The number of nitrogens with two attached hydrogens (primary N) is 1. The van der Waals surface area contributed by atoms with Crippen LogP contribution in [-0.4, -0.2) is 54.5 Å². The highest BCUT2D eigenvalue weighted by atomic mass is 28.4. The lowest BCUT2D eigenvalue weighted by atomic mass is 9.71. The second kappa shape index (κ2) is 8.94. The zero-order valence-corrected chi connectivity index (χ0v) is 16.4. The highest BCUT2D eigenvalue weighted by molar-refractivity contribution is 6.58. The summed E-state index contributed by atoms with van der Waals surface area (Å²) in [4.78, 5) is 46.0. The van der Waals surface area contributed by atoms with E-state index >= 15 is 0 Å². The van der Waals surface area contributed by atoms with Gasteiger partial charge in [-0.05, 0) is 50.1 Å². The van der Waals surface area contributed by atoms with Crippen LogP contribution in [0, 0.1) is 5.92 Å². The fraction of sp³-hybridized carbons (Fsp3) is 0.556. The number of Topliss-reactive ketones (excluding diaryl/α,β-unsaturated/α-hetero) is 1. The van der Waals surface area contributed by atoms with Gasteiger partial charge in [0.1, 0.15) is 11.4 Å². The van der Waals surface area contributed by atoms with Gasteiger partial charge in [-0.3, -0.25) is 9.59 Å². The molecule has 27 heavy (non-hydrogen) atoms. The third-order valence-electron chi connectivity index (χ3n) is 4.94. The van der Waals surface area contributed by atoms with Crippen LogP contribution in [0.4, 0.5) is 0 Å². The Morgan fingerprint density at radius 3 is 2.48 bits per heavy atom. The molecule has 0 saturated heterocycles. The largest absolute Gasteiger partial charge is 0.497 e. The summed E-state index contributed by atoms with van der Waals surface area (Å²) < 4.78 is 10.7. The molecule has 0 heterocycles. The van der Waals surface area contributed by atoms with Gasteiger partial charge in [-0.25, -0.2) is 0 Å². The summed E-state index contributed by atoms with van der Waals surface area (Å²) in [6.45, 7) is 0.237. The molecular weight excluding hydrogens is 370 g/mol. The molecule has 5 N–H and O–H groups in total. The van der Waals surface area contributed by atoms with Crippen LogP contribution in [0.3, 0.4) is 0 Å². The van der Waals surface area contributed by atoms with Gasteiger partial charge in [0.2, 0.25) is 0 Å². The molecule has 1 fully saturated rings. The monoisotopic (exact) mass is 397 g/mol. The molecule has 0 radical (unpaired) electrons. The number of carboxylic acid groups (broad SMARTS) is 1. The molecule has 1 aliphatic rings. The van der Waals surface area contributed by atoms with Crippen LogP contribution in [0.25, 0.3) is 0 Å². The molecule has 2 unspecified atom stereocenters. The lowest BCUT2D eigenvalue weighted by Gasteiger charge is -2.43. The zero-order chi connectivity index (χ0) is 20.1. The Bertz CT molecular complexity index is 664. The molecule has 9 heteroatoms. The van der Waals surface area contributed by atoms with Crippen molar-refractivity contribution in [2.75, 3.05) is 13.7 Å². The number of methoxy groups -OCH3 is 1. The summed E-state index contributed by atoms with van der Waals surface area (Å²) in [6.07, 6.45) is 1.86. The minimum absolute atomic E-state index is 0.0898. The van der Waals surface area contributed by atoms with E-state index in [9.17, 15) is 24.3 Å². The molecule has 0 aromatic heterocycles. The maximum Gasteiger partial charge on any atom is 0.496 e. The third kappa shape index (κ3) is 4.93. The predicted octanol–water partition coefficient (Wildman–Crippen LogP) is 1.18. The Balaban J connectivity index is 2.44. The average Bonchev–Trinajstić information content (AvgIpc) is 2.65. The maximum atomic E-state index is 13.3. The summed E-state index contributed by atoms with van der Waals surface area (Å²) in [7, 11) is -2.78. The van der Waals surface area contributed by atoms with Crippen molar-refractivity contribution in [2.45, 2.75) is 43.7 Å². The van der Waals surface area contributed by atoms with E-state index in [1.165, 1.54) is 19.2 Å². The zero-order valence-electron chi connectivity index (χ0n) is 15.4. The van der Waals surface area contributed by atoms with Gasteiger partial charge in [0, 0.05) is 11.6 Å². The van der Waals surface area contributed by atoms with Crippen molar-refractivity contribution in [3.05, 3.63) is 29.8 Å². The van der Waals surface area contributed by atoms with Crippen molar-refractivity contribution in [1.82, 2.24) is 0 Å². The van der Waals surface area contributed by atoms with E-state index in [2.05, 4.69) is 0 Å². The smallest absolute Gasteiger partial charge is 0.496 e. The van der Waals surface area contributed by atoms with Crippen molar-refractivity contribution in [2.24, 2.45) is 11.7 Å². The van der Waals surface area contributed by atoms with Crippen molar-refractivity contribution in [1.29, 1.82) is 0 Å². The average molecular weight is 398 g/mol. The van der Waals surface area contributed by atoms with Crippen molar-refractivity contribution in [3.63, 3.8) is 0 Å². The van der Waals surface area contributed by atoms with Gasteiger partial charge in [-0.2, -0.15) is 0 Å². The molecule has 2 rings (SSSR count). The minimum atomic E-state index is -4.27. The normalized spacial score (nSPS) is 23.0. The molecule has 0 amide bonds. The second-order valence-electron chi connectivity index (χ2n) is 6.82. The number of rotatable bonds is 9. The Labute approximate surface area is 159 Å². The van der Waals surface area contributed by atoms with Crippen molar-refractivity contribution < 1.29 is 33.4 Å². The van der Waals surface area contributed by atoms with Crippen LogP contribution in [0.15, 0.2) is 24.3 Å². The second-order valence-corrected chi connectivity index (χ2v) is 9.01. The molecule has 1 aromatic rings. The Morgan fingerprint density at radius 1 is 1.26 bits per heavy atom. The number of aliphatic carboxylic acids is 1. The first kappa shape index (κ1) is 21.5. The first-order chi connectivity index (χ1) is 12.8. The van der Waals surface area contributed by atoms with E-state index in [1.807, 2.05) is 0 Å². The summed E-state index contributed by atoms with van der Waals surface area (Å²) in [5.41, 5.74) is 3.87. The molecule has 0 spiro atoms. The number of carboxylic acids is 1. The molecule has 1 saturated carbocycles. The van der Waals surface area contributed by atoms with Gasteiger partial charge in [0.05, 0.1) is 13.0 Å². The fourth-order valence-corrected chi connectivity index (χ4v) is 5.26. The first-order valence-electron chi connectivity index (χ1n) is 9.02. The number of benzene rings is 1. The number of carbonyl (C=O) groups excluding carboxylic acids is 1. The van der Waals surface area contributed by atoms with Gasteiger partial charge >= 0.3 is 14.8 Å². The quantitative estimate of drug-likeness (QED) is 0.360. The van der Waals surface area contributed by atoms with Crippen LogP contribution in [0.5, 0.6) is 5.75 Å². The van der Waals surface area contributed by atoms with Gasteiger partial charge in [-0.1, -0.05) is 12.8 Å². The SMILES string of the molecule is COc1ccc(C(=O)C2(O[Si](O)(O)CCCN)CCCCC2C(=O)O)cc1. The fourth-order valence-electron chi connectivity index (χ4n) is 3.57. The molecule has 1 aromatic carbocycles. The number of carbonyl (C=O) groups is 2. The minimum Gasteiger partial charge on any atom is -0.497 e. The van der Waals surface area contributed by atoms with E-state index in [-0.39, 0.29) is 31.0 Å². The van der Waals surface area contributed by atoms with Crippen LogP contribution >= 0.6 is 0 Å². The van der Waals surface area contributed by atoms with Crippen molar-refractivity contribution >= 4 is 20.6 Å². The Kier molecular flexibility index (Phi) is 7.12. The summed E-state index contributed by atoms with van der Waals surface area (Å²) in [6, 6.07) is 6.15. The third-order valence-corrected chi connectivity index (χ3v) is 6.64. The van der Waals surface area contributed by atoms with E-state index < -0.39 is 32.1 Å². The first-order valence-corrected chi connectivity index (χ1v) is 11.0. The molecule has 150 valence electrons. The van der Waals surface area contributed by atoms with Crippen LogP contribution < -0.4 is 10.5 Å². The van der Waals surface area contributed by atoms with E-state index in [4.69, 9.17) is 14.9 Å². The lowest BCUT2D eigenvalue weighted by molar-refractivity contribution is -0.152. The van der Waals surface area contributed by atoms with Gasteiger partial charge in [0.25, 0.3) is 0 Å². The van der Waals surface area contributed by atoms with E-state index in [0.29, 0.717) is 25.0 Å². The van der Waals surface area contributed by atoms with E-state index in [1.54, 1.807) is 12.1 Å². The highest BCUT2D eigenvalue weighted by Crippen LogP contribution is 2.41. The van der Waals surface area contributed by atoms with Crippen LogP contribution in [0.1, 0.15) is 42.5 Å². The lowest BCUT2D eigenvalue weighted by Crippen LogP contribution is -2.60. The number of ketones is 1. The number of ether oxygens (including phenoxy) is 1. The summed E-state index contributed by atoms with van der Waals surface area (Å²) in [5.74, 6) is -2.33. The Morgan fingerprint density at radius 2 is 1.93 bits per heavy atom. The van der Waals surface area contributed by atoms with E-state index in [0.717, 1.165) is 0 Å². The Hall–Kier alpha value is -1.78. The molecule has 0 bridgehead atoms. The molecule has 2 atom stereocenters. The summed E-state index contributed by atoms with van der Waals surface area (Å²) in [5, 5.41) is 9.70. The molecular formula is C18H27NO7Si. The topological polar surface area (TPSA) is 139 Å². The standard InChI is InChI=1S/C18H27NO7Si/c1-25-14-8-6-13(7-9-14)16(20)18(26-27(23,24)12-4-11-19)10-3-2-5-15(18)17(21)22/h6-9,15,23-24H,2-5,10-12,19H2,1H3,(H,21,22). The molecule has 1 aliphatic carbocycles.